The summed E-state index contributed by atoms with van der Waals surface area (Å²) >= 11 is 0. The Morgan fingerprint density at radius 3 is 1.91 bits per heavy atom. The summed E-state index contributed by atoms with van der Waals surface area (Å²) in [7, 11) is 0. The van der Waals surface area contributed by atoms with Gasteiger partial charge in [0.1, 0.15) is 0 Å². The molecule has 0 saturated carbocycles. The van der Waals surface area contributed by atoms with Gasteiger partial charge in [-0.3, -0.25) is 0 Å². The number of rotatable bonds is 17. The molecular formula is C20H39NO. The van der Waals surface area contributed by atoms with E-state index in [1.165, 1.54) is 70.6 Å². The monoisotopic (exact) mass is 309 g/mol. The maximum absolute atomic E-state index is 5.37. The molecule has 2 nitrogen and oxygen atoms in total. The van der Waals surface area contributed by atoms with Crippen LogP contribution >= 0.6 is 0 Å². The second-order valence-electron chi connectivity index (χ2n) is 5.99. The predicted octanol–water partition coefficient (Wildman–Crippen LogP) is 5.78. The van der Waals surface area contributed by atoms with E-state index in [9.17, 15) is 0 Å². The molecule has 0 saturated heterocycles. The molecule has 0 amide bonds. The van der Waals surface area contributed by atoms with E-state index in [1.807, 2.05) is 0 Å². The van der Waals surface area contributed by atoms with E-state index in [-0.39, 0.29) is 0 Å². The highest BCUT2D eigenvalue weighted by Gasteiger charge is 1.91. The molecule has 0 rings (SSSR count). The van der Waals surface area contributed by atoms with Crippen LogP contribution < -0.4 is 5.73 Å². The summed E-state index contributed by atoms with van der Waals surface area (Å²) in [5, 5.41) is 0. The summed E-state index contributed by atoms with van der Waals surface area (Å²) in [5.74, 6) is 0. The summed E-state index contributed by atoms with van der Waals surface area (Å²) in [6, 6.07) is 0. The highest BCUT2D eigenvalue weighted by atomic mass is 16.5. The van der Waals surface area contributed by atoms with Crippen molar-refractivity contribution in [3.63, 3.8) is 0 Å². The molecule has 0 aliphatic heterocycles. The van der Waals surface area contributed by atoms with Crippen LogP contribution in [0.5, 0.6) is 0 Å². The zero-order chi connectivity index (χ0) is 16.1. The van der Waals surface area contributed by atoms with Crippen LogP contribution in [0.25, 0.3) is 0 Å². The van der Waals surface area contributed by atoms with Crippen molar-refractivity contribution in [2.45, 2.75) is 84.0 Å². The van der Waals surface area contributed by atoms with E-state index in [2.05, 4.69) is 31.2 Å². The number of unbranched alkanes of at least 4 members (excludes halogenated alkanes) is 9. The SMILES string of the molecule is CCCCCC=CCC=CCCCCCCCCOCCN. The van der Waals surface area contributed by atoms with Gasteiger partial charge in [-0.2, -0.15) is 0 Å². The lowest BCUT2D eigenvalue weighted by molar-refractivity contribution is 0.137. The van der Waals surface area contributed by atoms with Gasteiger partial charge in [-0.05, 0) is 38.5 Å². The molecule has 0 radical (unpaired) electrons. The smallest absolute Gasteiger partial charge is 0.0588 e. The van der Waals surface area contributed by atoms with Gasteiger partial charge in [0.15, 0.2) is 0 Å². The summed E-state index contributed by atoms with van der Waals surface area (Å²) < 4.78 is 5.36. The largest absolute Gasteiger partial charge is 0.380 e. The highest BCUT2D eigenvalue weighted by molar-refractivity contribution is 4.92. The number of hydrogen-bond acceptors (Lipinski definition) is 2. The normalized spacial score (nSPS) is 11.9. The molecule has 0 aromatic carbocycles. The molecule has 0 aliphatic carbocycles. The minimum absolute atomic E-state index is 0.641. The van der Waals surface area contributed by atoms with E-state index >= 15 is 0 Å². The van der Waals surface area contributed by atoms with Crippen LogP contribution in [-0.4, -0.2) is 19.8 Å². The summed E-state index contributed by atoms with van der Waals surface area (Å²) in [4.78, 5) is 0. The fourth-order valence-electron chi connectivity index (χ4n) is 2.38. The van der Waals surface area contributed by atoms with E-state index < -0.39 is 0 Å². The lowest BCUT2D eigenvalue weighted by atomic mass is 10.1. The average molecular weight is 310 g/mol. The van der Waals surface area contributed by atoms with Crippen molar-refractivity contribution in [3.8, 4) is 0 Å². The Kier molecular flexibility index (Phi) is 19.8. The molecular weight excluding hydrogens is 270 g/mol. The second kappa shape index (κ2) is 20.4. The standard InChI is InChI=1S/C20H39NO/c1-2-3-4-5-6-7-8-9-10-11-12-13-14-15-16-17-19-22-20-18-21/h6-7,9-10H,2-5,8,11-21H2,1H3. The van der Waals surface area contributed by atoms with Crippen LogP contribution in [0.3, 0.4) is 0 Å². The minimum Gasteiger partial charge on any atom is -0.380 e. The van der Waals surface area contributed by atoms with Crippen LogP contribution in [0.15, 0.2) is 24.3 Å². The zero-order valence-electron chi connectivity index (χ0n) is 14.9. The molecule has 0 fully saturated rings. The Bertz CT molecular complexity index is 248. The fourth-order valence-corrected chi connectivity index (χ4v) is 2.38. The van der Waals surface area contributed by atoms with Crippen LogP contribution in [0.4, 0.5) is 0 Å². The molecule has 130 valence electrons. The van der Waals surface area contributed by atoms with Crippen LogP contribution in [-0.2, 0) is 4.74 Å². The molecule has 0 aromatic heterocycles. The Morgan fingerprint density at radius 2 is 1.27 bits per heavy atom. The number of nitrogens with two attached hydrogens (primary N) is 1. The van der Waals surface area contributed by atoms with Crippen molar-refractivity contribution in [2.75, 3.05) is 19.8 Å². The first-order valence-electron chi connectivity index (χ1n) is 9.49. The Labute approximate surface area is 139 Å². The van der Waals surface area contributed by atoms with Gasteiger partial charge in [-0.1, -0.05) is 69.8 Å². The summed E-state index contributed by atoms with van der Waals surface area (Å²) in [5.41, 5.74) is 5.37. The van der Waals surface area contributed by atoms with Crippen molar-refractivity contribution in [2.24, 2.45) is 5.73 Å². The highest BCUT2D eigenvalue weighted by Crippen LogP contribution is 2.08. The molecule has 0 atom stereocenters. The molecule has 22 heavy (non-hydrogen) atoms. The molecule has 0 unspecified atom stereocenters. The predicted molar refractivity (Wildman–Crippen MR) is 99.2 cm³/mol. The first-order chi connectivity index (χ1) is 10.9. The molecule has 2 heteroatoms. The van der Waals surface area contributed by atoms with Crippen molar-refractivity contribution in [1.82, 2.24) is 0 Å². The van der Waals surface area contributed by atoms with E-state index in [0.717, 1.165) is 13.0 Å². The third-order valence-corrected chi connectivity index (χ3v) is 3.75. The van der Waals surface area contributed by atoms with E-state index in [0.29, 0.717) is 13.2 Å². The summed E-state index contributed by atoms with van der Waals surface area (Å²) in [6.07, 6.45) is 24.8. The first kappa shape index (κ1) is 21.4. The topological polar surface area (TPSA) is 35.2 Å². The molecule has 0 aliphatic rings. The molecule has 2 N–H and O–H groups in total. The second-order valence-corrected chi connectivity index (χ2v) is 5.99. The minimum atomic E-state index is 0.641. The Morgan fingerprint density at radius 1 is 0.682 bits per heavy atom. The molecule has 0 heterocycles. The van der Waals surface area contributed by atoms with Gasteiger partial charge in [0.2, 0.25) is 0 Å². The molecule has 0 bridgehead atoms. The van der Waals surface area contributed by atoms with Gasteiger partial charge in [0, 0.05) is 13.2 Å². The maximum atomic E-state index is 5.37. The van der Waals surface area contributed by atoms with Crippen molar-refractivity contribution < 1.29 is 4.74 Å². The Balaban J connectivity index is 3.11. The van der Waals surface area contributed by atoms with Crippen molar-refractivity contribution in [3.05, 3.63) is 24.3 Å². The molecule has 0 aromatic rings. The van der Waals surface area contributed by atoms with Gasteiger partial charge in [-0.25, -0.2) is 0 Å². The van der Waals surface area contributed by atoms with Crippen LogP contribution in [0.1, 0.15) is 84.0 Å². The van der Waals surface area contributed by atoms with Gasteiger partial charge >= 0.3 is 0 Å². The van der Waals surface area contributed by atoms with Crippen LogP contribution in [0, 0.1) is 0 Å². The fraction of sp³-hybridized carbons (Fsp3) is 0.800. The molecule has 0 spiro atoms. The third kappa shape index (κ3) is 19.4. The van der Waals surface area contributed by atoms with Crippen molar-refractivity contribution >= 4 is 0 Å². The van der Waals surface area contributed by atoms with E-state index in [1.54, 1.807) is 0 Å². The van der Waals surface area contributed by atoms with Gasteiger partial charge < -0.3 is 10.5 Å². The van der Waals surface area contributed by atoms with Gasteiger partial charge in [0.05, 0.1) is 6.61 Å². The Hall–Kier alpha value is -0.600. The lowest BCUT2D eigenvalue weighted by Gasteiger charge is -2.02. The quantitative estimate of drug-likeness (QED) is 0.273. The van der Waals surface area contributed by atoms with Crippen LogP contribution in [0.2, 0.25) is 0 Å². The lowest BCUT2D eigenvalue weighted by Crippen LogP contribution is -2.08. The zero-order valence-corrected chi connectivity index (χ0v) is 14.9. The van der Waals surface area contributed by atoms with Crippen molar-refractivity contribution in [1.29, 1.82) is 0 Å². The van der Waals surface area contributed by atoms with E-state index in [4.69, 9.17) is 10.5 Å². The van der Waals surface area contributed by atoms with Gasteiger partial charge in [-0.15, -0.1) is 0 Å². The van der Waals surface area contributed by atoms with Gasteiger partial charge in [0.25, 0.3) is 0 Å². The number of allylic oxidation sites excluding steroid dienone is 4. The maximum Gasteiger partial charge on any atom is 0.0588 e. The average Bonchev–Trinajstić information content (AvgIpc) is 2.54. The summed E-state index contributed by atoms with van der Waals surface area (Å²) in [6.45, 7) is 4.48. The first-order valence-corrected chi connectivity index (χ1v) is 9.49. The number of ether oxygens (including phenoxy) is 1. The third-order valence-electron chi connectivity index (χ3n) is 3.75. The number of hydrogen-bond donors (Lipinski definition) is 1.